The van der Waals surface area contributed by atoms with Gasteiger partial charge in [-0.1, -0.05) is 44.2 Å². The minimum absolute atomic E-state index is 0.0401. The van der Waals surface area contributed by atoms with Gasteiger partial charge in [-0.25, -0.2) is 0 Å². The number of benzene rings is 1. The molecule has 1 aliphatic carbocycles. The smallest absolute Gasteiger partial charge is 0.223 e. The summed E-state index contributed by atoms with van der Waals surface area (Å²) in [5.41, 5.74) is 1.22. The summed E-state index contributed by atoms with van der Waals surface area (Å²) in [7, 11) is 0. The molecule has 3 heteroatoms. The summed E-state index contributed by atoms with van der Waals surface area (Å²) < 4.78 is 0. The summed E-state index contributed by atoms with van der Waals surface area (Å²) in [5, 5.41) is 12.0. The first-order chi connectivity index (χ1) is 9.03. The number of aliphatic hydroxyl groups excluding tert-OH is 1. The van der Waals surface area contributed by atoms with Gasteiger partial charge in [0.1, 0.15) is 0 Å². The van der Waals surface area contributed by atoms with Crippen molar-refractivity contribution in [3.63, 3.8) is 0 Å². The van der Waals surface area contributed by atoms with Crippen LogP contribution in [-0.2, 0) is 4.79 Å². The first-order valence-electron chi connectivity index (χ1n) is 6.97. The first kappa shape index (κ1) is 14.1. The quantitative estimate of drug-likeness (QED) is 0.825. The molecule has 2 unspecified atom stereocenters. The van der Waals surface area contributed by atoms with Crippen LogP contribution in [0.25, 0.3) is 0 Å². The van der Waals surface area contributed by atoms with Gasteiger partial charge in [-0.3, -0.25) is 4.79 Å². The van der Waals surface area contributed by atoms with Gasteiger partial charge in [0.15, 0.2) is 0 Å². The Kier molecular flexibility index (Phi) is 4.25. The SMILES string of the molecule is CC(C)(CCO)CNC(=O)C1CC1c1ccccc1. The Morgan fingerprint density at radius 1 is 1.37 bits per heavy atom. The number of rotatable bonds is 6. The Labute approximate surface area is 115 Å². The maximum Gasteiger partial charge on any atom is 0.223 e. The molecule has 1 fully saturated rings. The molecule has 104 valence electrons. The lowest BCUT2D eigenvalue weighted by molar-refractivity contribution is -0.122. The van der Waals surface area contributed by atoms with Crippen LogP contribution in [0, 0.1) is 11.3 Å². The van der Waals surface area contributed by atoms with Crippen molar-refractivity contribution in [1.82, 2.24) is 5.32 Å². The highest BCUT2D eigenvalue weighted by Crippen LogP contribution is 2.47. The van der Waals surface area contributed by atoms with Gasteiger partial charge in [0.25, 0.3) is 0 Å². The fourth-order valence-electron chi connectivity index (χ4n) is 2.40. The summed E-state index contributed by atoms with van der Waals surface area (Å²) in [6, 6.07) is 10.2. The molecule has 19 heavy (non-hydrogen) atoms. The van der Waals surface area contributed by atoms with Gasteiger partial charge in [0.05, 0.1) is 0 Å². The Hall–Kier alpha value is -1.35. The van der Waals surface area contributed by atoms with E-state index in [1.807, 2.05) is 18.2 Å². The predicted molar refractivity (Wildman–Crippen MR) is 75.8 cm³/mol. The molecule has 0 heterocycles. The van der Waals surface area contributed by atoms with Gasteiger partial charge in [-0.05, 0) is 29.7 Å². The fourth-order valence-corrected chi connectivity index (χ4v) is 2.40. The molecule has 2 N–H and O–H groups in total. The lowest BCUT2D eigenvalue weighted by atomic mass is 9.89. The number of aliphatic hydroxyl groups is 1. The molecule has 0 spiro atoms. The van der Waals surface area contributed by atoms with E-state index in [2.05, 4.69) is 31.3 Å². The van der Waals surface area contributed by atoms with Crippen molar-refractivity contribution >= 4 is 5.91 Å². The zero-order valence-electron chi connectivity index (χ0n) is 11.7. The molecule has 0 bridgehead atoms. The molecule has 2 rings (SSSR count). The number of carbonyl (C=O) groups is 1. The Morgan fingerprint density at radius 3 is 2.68 bits per heavy atom. The second-order valence-corrected chi connectivity index (χ2v) is 6.21. The molecule has 1 aliphatic rings. The van der Waals surface area contributed by atoms with E-state index < -0.39 is 0 Å². The second-order valence-electron chi connectivity index (χ2n) is 6.21. The Morgan fingerprint density at radius 2 is 2.05 bits per heavy atom. The number of amides is 1. The summed E-state index contributed by atoms with van der Waals surface area (Å²) >= 11 is 0. The topological polar surface area (TPSA) is 49.3 Å². The van der Waals surface area contributed by atoms with E-state index in [4.69, 9.17) is 5.11 Å². The lowest BCUT2D eigenvalue weighted by Crippen LogP contribution is -2.35. The normalized spacial score (nSPS) is 22.1. The van der Waals surface area contributed by atoms with E-state index in [0.717, 1.165) is 6.42 Å². The molecule has 1 saturated carbocycles. The Balaban J connectivity index is 1.80. The average molecular weight is 261 g/mol. The minimum atomic E-state index is -0.0401. The van der Waals surface area contributed by atoms with Crippen LogP contribution >= 0.6 is 0 Å². The lowest BCUT2D eigenvalue weighted by Gasteiger charge is -2.23. The molecule has 1 amide bonds. The van der Waals surface area contributed by atoms with Crippen molar-refractivity contribution in [3.05, 3.63) is 35.9 Å². The van der Waals surface area contributed by atoms with E-state index in [0.29, 0.717) is 18.9 Å². The van der Waals surface area contributed by atoms with Crippen LogP contribution in [0.1, 0.15) is 38.2 Å². The predicted octanol–water partition coefficient (Wildman–Crippen LogP) is 2.31. The van der Waals surface area contributed by atoms with E-state index in [9.17, 15) is 4.79 Å². The van der Waals surface area contributed by atoms with Crippen LogP contribution in [0.3, 0.4) is 0 Å². The summed E-state index contributed by atoms with van der Waals surface area (Å²) in [5.74, 6) is 0.675. The fraction of sp³-hybridized carbons (Fsp3) is 0.562. The Bertz CT molecular complexity index is 428. The molecular weight excluding hydrogens is 238 g/mol. The second kappa shape index (κ2) is 5.74. The molecule has 1 aromatic rings. The summed E-state index contributed by atoms with van der Waals surface area (Å²) in [4.78, 5) is 12.1. The van der Waals surface area contributed by atoms with Gasteiger partial charge >= 0.3 is 0 Å². The van der Waals surface area contributed by atoms with Gasteiger partial charge in [0, 0.05) is 19.1 Å². The van der Waals surface area contributed by atoms with Crippen molar-refractivity contribution in [2.75, 3.05) is 13.2 Å². The molecule has 0 saturated heterocycles. The van der Waals surface area contributed by atoms with E-state index >= 15 is 0 Å². The highest BCUT2D eigenvalue weighted by molar-refractivity contribution is 5.82. The molecule has 2 atom stereocenters. The third kappa shape index (κ3) is 3.80. The molecule has 3 nitrogen and oxygen atoms in total. The van der Waals surface area contributed by atoms with Crippen LogP contribution < -0.4 is 5.32 Å². The number of hydrogen-bond donors (Lipinski definition) is 2. The van der Waals surface area contributed by atoms with Crippen molar-refractivity contribution in [2.45, 2.75) is 32.6 Å². The maximum absolute atomic E-state index is 12.1. The third-order valence-electron chi connectivity index (χ3n) is 3.88. The molecule has 0 aliphatic heterocycles. The van der Waals surface area contributed by atoms with E-state index in [-0.39, 0.29) is 23.8 Å². The largest absolute Gasteiger partial charge is 0.396 e. The number of hydrogen-bond acceptors (Lipinski definition) is 2. The van der Waals surface area contributed by atoms with Crippen molar-refractivity contribution in [1.29, 1.82) is 0 Å². The first-order valence-corrected chi connectivity index (χ1v) is 6.97. The van der Waals surface area contributed by atoms with Gasteiger partial charge in [-0.2, -0.15) is 0 Å². The zero-order chi connectivity index (χ0) is 13.9. The molecule has 1 aromatic carbocycles. The van der Waals surface area contributed by atoms with Crippen molar-refractivity contribution in [3.8, 4) is 0 Å². The van der Waals surface area contributed by atoms with Gasteiger partial charge < -0.3 is 10.4 Å². The third-order valence-corrected chi connectivity index (χ3v) is 3.88. The zero-order valence-corrected chi connectivity index (χ0v) is 11.7. The molecule has 0 aromatic heterocycles. The summed E-state index contributed by atoms with van der Waals surface area (Å²) in [6.45, 7) is 4.92. The van der Waals surface area contributed by atoms with Gasteiger partial charge in [-0.15, -0.1) is 0 Å². The summed E-state index contributed by atoms with van der Waals surface area (Å²) in [6.07, 6.45) is 1.66. The maximum atomic E-state index is 12.1. The van der Waals surface area contributed by atoms with Crippen LogP contribution in [0.4, 0.5) is 0 Å². The number of carbonyl (C=O) groups excluding carboxylic acids is 1. The van der Waals surface area contributed by atoms with E-state index in [1.54, 1.807) is 0 Å². The highest BCUT2D eigenvalue weighted by Gasteiger charge is 2.43. The van der Waals surface area contributed by atoms with Gasteiger partial charge in [0.2, 0.25) is 5.91 Å². The molecule has 0 radical (unpaired) electrons. The highest BCUT2D eigenvalue weighted by atomic mass is 16.3. The average Bonchev–Trinajstić information content (AvgIpc) is 3.17. The monoisotopic (exact) mass is 261 g/mol. The van der Waals surface area contributed by atoms with Crippen LogP contribution in [0.15, 0.2) is 30.3 Å². The number of nitrogens with one attached hydrogen (secondary N) is 1. The minimum Gasteiger partial charge on any atom is -0.396 e. The van der Waals surface area contributed by atoms with E-state index in [1.165, 1.54) is 5.56 Å². The standard InChI is InChI=1S/C16H23NO2/c1-16(2,8-9-18)11-17-15(19)14-10-13(14)12-6-4-3-5-7-12/h3-7,13-14,18H,8-11H2,1-2H3,(H,17,19). The van der Waals surface area contributed by atoms with Crippen LogP contribution in [0.5, 0.6) is 0 Å². The molecular formula is C16H23NO2. The van der Waals surface area contributed by atoms with Crippen molar-refractivity contribution < 1.29 is 9.90 Å². The van der Waals surface area contributed by atoms with Crippen LogP contribution in [0.2, 0.25) is 0 Å². The van der Waals surface area contributed by atoms with Crippen molar-refractivity contribution in [2.24, 2.45) is 11.3 Å². The van der Waals surface area contributed by atoms with Crippen LogP contribution in [-0.4, -0.2) is 24.2 Å².